The highest BCUT2D eigenvalue weighted by molar-refractivity contribution is 5.67. The van der Waals surface area contributed by atoms with Crippen molar-refractivity contribution in [3.8, 4) is 11.5 Å². The Kier molecular flexibility index (Phi) is 9.06. The third kappa shape index (κ3) is 7.76. The van der Waals surface area contributed by atoms with E-state index in [1.807, 2.05) is 52.8 Å². The fraction of sp³-hybridized carbons (Fsp3) is 0.588. The normalized spacial score (nSPS) is 10.1. The maximum Gasteiger partial charge on any atom is 0.407 e. The number of hydrogen-bond acceptors (Lipinski definition) is 4. The Labute approximate surface area is 134 Å². The highest BCUT2D eigenvalue weighted by atomic mass is 16.6. The zero-order valence-electron chi connectivity index (χ0n) is 14.8. The molecule has 0 radical (unpaired) electrons. The van der Waals surface area contributed by atoms with Gasteiger partial charge < -0.3 is 19.5 Å². The molecule has 0 aliphatic carbocycles. The Morgan fingerprint density at radius 2 is 1.68 bits per heavy atom. The van der Waals surface area contributed by atoms with Crippen LogP contribution >= 0.6 is 0 Å². The van der Waals surface area contributed by atoms with E-state index < -0.39 is 11.7 Å². The van der Waals surface area contributed by atoms with Crippen LogP contribution in [-0.4, -0.2) is 32.5 Å². The van der Waals surface area contributed by atoms with E-state index in [1.165, 1.54) is 0 Å². The fourth-order valence-electron chi connectivity index (χ4n) is 1.66. The molecule has 0 fully saturated rings. The van der Waals surface area contributed by atoms with Gasteiger partial charge in [-0.2, -0.15) is 0 Å². The number of carbonyl (C=O) groups is 1. The van der Waals surface area contributed by atoms with E-state index in [0.29, 0.717) is 24.5 Å². The number of carbonyl (C=O) groups excluding carboxylic acids is 1. The largest absolute Gasteiger partial charge is 0.493 e. The summed E-state index contributed by atoms with van der Waals surface area (Å²) in [5.41, 5.74) is 0.576. The van der Waals surface area contributed by atoms with E-state index in [0.717, 1.165) is 5.56 Å². The second kappa shape index (κ2) is 9.92. The second-order valence-corrected chi connectivity index (χ2v) is 5.37. The van der Waals surface area contributed by atoms with Gasteiger partial charge in [-0.1, -0.05) is 19.9 Å². The number of ether oxygens (including phenoxy) is 3. The number of alkyl carbamates (subject to hydrolysis) is 1. The van der Waals surface area contributed by atoms with Gasteiger partial charge in [0.15, 0.2) is 11.5 Å². The van der Waals surface area contributed by atoms with E-state index in [-0.39, 0.29) is 0 Å². The van der Waals surface area contributed by atoms with Gasteiger partial charge in [0.1, 0.15) is 5.60 Å². The third-order valence-corrected chi connectivity index (χ3v) is 2.53. The minimum absolute atomic E-state index is 0.405. The first-order valence-corrected chi connectivity index (χ1v) is 7.53. The summed E-state index contributed by atoms with van der Waals surface area (Å²) >= 11 is 0. The lowest BCUT2D eigenvalue weighted by molar-refractivity contribution is 0.0528. The highest BCUT2D eigenvalue weighted by Crippen LogP contribution is 2.27. The van der Waals surface area contributed by atoms with Crippen LogP contribution in [0.2, 0.25) is 0 Å². The Hall–Kier alpha value is -1.91. The predicted octanol–water partition coefficient (Wildman–Crippen LogP) is 3.80. The molecule has 0 unspecified atom stereocenters. The number of nitrogens with one attached hydrogen (secondary N) is 1. The molecular formula is C17H29NO4. The van der Waals surface area contributed by atoms with Gasteiger partial charge in [-0.15, -0.1) is 0 Å². The van der Waals surface area contributed by atoms with E-state index in [9.17, 15) is 4.79 Å². The summed E-state index contributed by atoms with van der Waals surface area (Å²) in [6, 6.07) is 5.69. The van der Waals surface area contributed by atoms with Gasteiger partial charge in [-0.05, 0) is 44.9 Å². The van der Waals surface area contributed by atoms with E-state index >= 15 is 0 Å². The first-order chi connectivity index (χ1) is 10.4. The summed E-state index contributed by atoms with van der Waals surface area (Å²) < 4.78 is 15.6. The van der Waals surface area contributed by atoms with Crippen molar-refractivity contribution in [3.63, 3.8) is 0 Å². The van der Waals surface area contributed by atoms with Crippen molar-refractivity contribution < 1.29 is 19.0 Å². The first-order valence-electron chi connectivity index (χ1n) is 7.53. The molecule has 1 amide bonds. The molecule has 0 atom stereocenters. The van der Waals surface area contributed by atoms with Crippen molar-refractivity contribution in [2.24, 2.45) is 0 Å². The maximum atomic E-state index is 11.5. The highest BCUT2D eigenvalue weighted by Gasteiger charge is 2.15. The molecular weight excluding hydrogens is 282 g/mol. The minimum Gasteiger partial charge on any atom is -0.493 e. The number of benzene rings is 1. The molecule has 1 aromatic rings. The van der Waals surface area contributed by atoms with Crippen molar-refractivity contribution in [2.75, 3.05) is 20.8 Å². The first kappa shape index (κ1) is 20.1. The van der Waals surface area contributed by atoms with Gasteiger partial charge in [-0.3, -0.25) is 0 Å². The van der Waals surface area contributed by atoms with Gasteiger partial charge in [-0.25, -0.2) is 4.79 Å². The van der Waals surface area contributed by atoms with Crippen LogP contribution in [0, 0.1) is 0 Å². The van der Waals surface area contributed by atoms with E-state index in [2.05, 4.69) is 5.32 Å². The summed E-state index contributed by atoms with van der Waals surface area (Å²) in [5.74, 6) is 1.37. The molecule has 1 rings (SSSR count). The lowest BCUT2D eigenvalue weighted by atomic mass is 10.1. The van der Waals surface area contributed by atoms with E-state index in [4.69, 9.17) is 14.2 Å². The van der Waals surface area contributed by atoms with E-state index in [1.54, 1.807) is 14.2 Å². The smallest absolute Gasteiger partial charge is 0.407 e. The number of methoxy groups -OCH3 is 2. The molecule has 5 heteroatoms. The zero-order chi connectivity index (χ0) is 17.2. The topological polar surface area (TPSA) is 56.8 Å². The van der Waals surface area contributed by atoms with Crippen molar-refractivity contribution in [3.05, 3.63) is 23.8 Å². The Bertz CT molecular complexity index is 452. The average Bonchev–Trinajstić information content (AvgIpc) is 2.47. The van der Waals surface area contributed by atoms with Gasteiger partial charge in [0, 0.05) is 6.54 Å². The summed E-state index contributed by atoms with van der Waals surface area (Å²) in [5, 5.41) is 2.72. The number of hydrogen-bond donors (Lipinski definition) is 1. The molecule has 0 bridgehead atoms. The summed E-state index contributed by atoms with van der Waals surface area (Å²) in [6.07, 6.45) is 0.289. The van der Waals surface area contributed by atoms with Crippen molar-refractivity contribution in [2.45, 2.75) is 46.6 Å². The molecule has 0 heterocycles. The van der Waals surface area contributed by atoms with Crippen LogP contribution in [0.1, 0.15) is 40.2 Å². The van der Waals surface area contributed by atoms with Crippen LogP contribution in [-0.2, 0) is 11.2 Å². The molecule has 1 N–H and O–H groups in total. The lowest BCUT2D eigenvalue weighted by Crippen LogP contribution is -2.33. The standard InChI is InChI=1S/C15H23NO4.C2H6/c1-15(2,3)20-14(17)16-9-8-11-6-7-12(18-4)13(10-11)19-5;1-2/h6-7,10H,8-9H2,1-5H3,(H,16,17);1-2H3. The molecule has 0 aromatic heterocycles. The Morgan fingerprint density at radius 1 is 1.09 bits per heavy atom. The fourth-order valence-corrected chi connectivity index (χ4v) is 1.66. The van der Waals surface area contributed by atoms with Gasteiger partial charge in [0.2, 0.25) is 0 Å². The van der Waals surface area contributed by atoms with Crippen molar-refractivity contribution in [1.82, 2.24) is 5.32 Å². The third-order valence-electron chi connectivity index (χ3n) is 2.53. The predicted molar refractivity (Wildman–Crippen MR) is 88.8 cm³/mol. The van der Waals surface area contributed by atoms with Gasteiger partial charge in [0.25, 0.3) is 0 Å². The molecule has 1 aromatic carbocycles. The SMILES string of the molecule is CC.COc1ccc(CCNC(=O)OC(C)(C)C)cc1OC. The van der Waals surface area contributed by atoms with Gasteiger partial charge >= 0.3 is 6.09 Å². The maximum absolute atomic E-state index is 11.5. The second-order valence-electron chi connectivity index (χ2n) is 5.37. The van der Waals surface area contributed by atoms with Crippen LogP contribution in [0.5, 0.6) is 11.5 Å². The molecule has 0 saturated heterocycles. The molecule has 0 spiro atoms. The summed E-state index contributed by atoms with van der Waals surface area (Å²) in [4.78, 5) is 11.5. The lowest BCUT2D eigenvalue weighted by Gasteiger charge is -2.19. The molecule has 0 aliphatic heterocycles. The average molecular weight is 311 g/mol. The molecule has 0 saturated carbocycles. The Balaban J connectivity index is 0.00000211. The minimum atomic E-state index is -0.479. The zero-order valence-corrected chi connectivity index (χ0v) is 14.8. The monoisotopic (exact) mass is 311 g/mol. The summed E-state index contributed by atoms with van der Waals surface area (Å²) in [7, 11) is 3.20. The molecule has 0 aliphatic rings. The van der Waals surface area contributed by atoms with Crippen LogP contribution in [0.3, 0.4) is 0 Å². The summed E-state index contributed by atoms with van der Waals surface area (Å²) in [6.45, 7) is 10.0. The molecule has 5 nitrogen and oxygen atoms in total. The van der Waals surface area contributed by atoms with Gasteiger partial charge in [0.05, 0.1) is 14.2 Å². The van der Waals surface area contributed by atoms with Crippen molar-refractivity contribution >= 4 is 6.09 Å². The van der Waals surface area contributed by atoms with Crippen LogP contribution in [0.25, 0.3) is 0 Å². The number of amides is 1. The molecule has 126 valence electrons. The van der Waals surface area contributed by atoms with Crippen LogP contribution < -0.4 is 14.8 Å². The number of rotatable bonds is 5. The van der Waals surface area contributed by atoms with Crippen LogP contribution in [0.4, 0.5) is 4.79 Å². The van der Waals surface area contributed by atoms with Crippen LogP contribution in [0.15, 0.2) is 18.2 Å². The van der Waals surface area contributed by atoms with Crippen molar-refractivity contribution in [1.29, 1.82) is 0 Å². The molecule has 22 heavy (non-hydrogen) atoms. The Morgan fingerprint density at radius 3 is 2.18 bits per heavy atom. The quantitative estimate of drug-likeness (QED) is 0.898.